The molecule has 1 aromatic carbocycles. The molecule has 0 bridgehead atoms. The minimum absolute atomic E-state index is 0.317. The monoisotopic (exact) mass is 303 g/mol. The normalized spacial score (nSPS) is 10.9. The minimum atomic E-state index is -0.317. The first-order valence-electron chi connectivity index (χ1n) is 7.25. The van der Waals surface area contributed by atoms with Crippen molar-refractivity contribution in [3.63, 3.8) is 0 Å². The Hall–Kier alpha value is -1.68. The van der Waals surface area contributed by atoms with Crippen LogP contribution in [0.25, 0.3) is 10.6 Å². The summed E-state index contributed by atoms with van der Waals surface area (Å²) < 4.78 is 5.12. The molecule has 2 rings (SSSR count). The average Bonchev–Trinajstić information content (AvgIpc) is 2.83. The molecule has 0 radical (unpaired) electrons. The molecule has 0 atom stereocenters. The van der Waals surface area contributed by atoms with Gasteiger partial charge in [0.2, 0.25) is 0 Å². The van der Waals surface area contributed by atoms with E-state index in [-0.39, 0.29) is 5.97 Å². The SMILES string of the molecule is CCOC(=O)c1nc(-c2ccc(C)cc2)sc1CC(C)C. The molecule has 0 N–H and O–H groups in total. The second-order valence-electron chi connectivity index (χ2n) is 5.48. The molecule has 112 valence electrons. The van der Waals surface area contributed by atoms with Gasteiger partial charge < -0.3 is 4.74 Å². The Labute approximate surface area is 130 Å². The smallest absolute Gasteiger partial charge is 0.358 e. The zero-order valence-corrected chi connectivity index (χ0v) is 13.8. The second kappa shape index (κ2) is 6.85. The predicted octanol–water partition coefficient (Wildman–Crippen LogP) is 4.49. The first kappa shape index (κ1) is 15.7. The van der Waals surface area contributed by atoms with E-state index in [2.05, 4.69) is 37.9 Å². The van der Waals surface area contributed by atoms with Crippen LogP contribution in [-0.4, -0.2) is 17.6 Å². The largest absolute Gasteiger partial charge is 0.461 e. The number of aromatic nitrogens is 1. The number of benzene rings is 1. The molecule has 0 spiro atoms. The Bertz CT molecular complexity index is 614. The summed E-state index contributed by atoms with van der Waals surface area (Å²) in [5, 5.41) is 0.883. The van der Waals surface area contributed by atoms with E-state index in [0.29, 0.717) is 18.2 Å². The fourth-order valence-corrected chi connectivity index (χ4v) is 3.31. The highest BCUT2D eigenvalue weighted by Gasteiger charge is 2.20. The first-order chi connectivity index (χ1) is 10.0. The minimum Gasteiger partial charge on any atom is -0.461 e. The van der Waals surface area contributed by atoms with Crippen LogP contribution in [0.15, 0.2) is 24.3 Å². The van der Waals surface area contributed by atoms with Crippen LogP contribution in [0.3, 0.4) is 0 Å². The van der Waals surface area contributed by atoms with Gasteiger partial charge in [-0.05, 0) is 26.2 Å². The van der Waals surface area contributed by atoms with E-state index in [1.807, 2.05) is 19.1 Å². The van der Waals surface area contributed by atoms with Crippen molar-refractivity contribution in [1.29, 1.82) is 0 Å². The van der Waals surface area contributed by atoms with Crippen LogP contribution in [0.4, 0.5) is 0 Å². The van der Waals surface area contributed by atoms with E-state index >= 15 is 0 Å². The Morgan fingerprint density at radius 3 is 2.52 bits per heavy atom. The van der Waals surface area contributed by atoms with Gasteiger partial charge in [-0.2, -0.15) is 0 Å². The molecule has 21 heavy (non-hydrogen) atoms. The lowest BCUT2D eigenvalue weighted by Crippen LogP contribution is -2.08. The van der Waals surface area contributed by atoms with Gasteiger partial charge in [0.1, 0.15) is 5.01 Å². The molecule has 0 unspecified atom stereocenters. The van der Waals surface area contributed by atoms with E-state index in [1.54, 1.807) is 11.3 Å². The van der Waals surface area contributed by atoms with Crippen LogP contribution >= 0.6 is 11.3 Å². The topological polar surface area (TPSA) is 39.2 Å². The maximum absolute atomic E-state index is 12.1. The van der Waals surface area contributed by atoms with Crippen molar-refractivity contribution in [1.82, 2.24) is 4.98 Å². The first-order valence-corrected chi connectivity index (χ1v) is 8.06. The van der Waals surface area contributed by atoms with Gasteiger partial charge in [0, 0.05) is 10.4 Å². The number of hydrogen-bond donors (Lipinski definition) is 0. The lowest BCUT2D eigenvalue weighted by Gasteiger charge is -2.04. The van der Waals surface area contributed by atoms with Gasteiger partial charge in [0.25, 0.3) is 0 Å². The Morgan fingerprint density at radius 2 is 1.95 bits per heavy atom. The highest BCUT2D eigenvalue weighted by Crippen LogP contribution is 2.30. The van der Waals surface area contributed by atoms with Crippen LogP contribution < -0.4 is 0 Å². The van der Waals surface area contributed by atoms with Crippen molar-refractivity contribution in [3.05, 3.63) is 40.4 Å². The molecule has 0 aliphatic heterocycles. The highest BCUT2D eigenvalue weighted by molar-refractivity contribution is 7.15. The molecule has 0 aliphatic carbocycles. The summed E-state index contributed by atoms with van der Waals surface area (Å²) in [5.74, 6) is 0.159. The third-order valence-corrected chi connectivity index (χ3v) is 4.19. The second-order valence-corrected chi connectivity index (χ2v) is 6.56. The molecule has 0 aliphatic rings. The molecule has 0 amide bonds. The summed E-state index contributed by atoms with van der Waals surface area (Å²) >= 11 is 1.59. The lowest BCUT2D eigenvalue weighted by atomic mass is 10.1. The predicted molar refractivity (Wildman–Crippen MR) is 86.8 cm³/mol. The molecule has 0 saturated heterocycles. The third-order valence-electron chi connectivity index (χ3n) is 3.06. The molecule has 1 heterocycles. The standard InChI is InChI=1S/C17H21NO2S/c1-5-20-17(19)15-14(10-11(2)3)21-16(18-15)13-8-6-12(4)7-9-13/h6-9,11H,5,10H2,1-4H3. The van der Waals surface area contributed by atoms with E-state index in [1.165, 1.54) is 5.56 Å². The van der Waals surface area contributed by atoms with Gasteiger partial charge in [-0.3, -0.25) is 0 Å². The molecular weight excluding hydrogens is 282 g/mol. The number of thiazole rings is 1. The number of ether oxygens (including phenoxy) is 1. The fraction of sp³-hybridized carbons (Fsp3) is 0.412. The molecule has 0 fully saturated rings. The lowest BCUT2D eigenvalue weighted by molar-refractivity contribution is 0.0519. The summed E-state index contributed by atoms with van der Waals surface area (Å²) in [5.41, 5.74) is 2.74. The molecular formula is C17H21NO2S. The third kappa shape index (κ3) is 3.91. The molecule has 0 saturated carbocycles. The summed E-state index contributed by atoms with van der Waals surface area (Å²) in [7, 11) is 0. The van der Waals surface area contributed by atoms with Crippen LogP contribution in [0.2, 0.25) is 0 Å². The summed E-state index contributed by atoms with van der Waals surface area (Å²) in [6, 6.07) is 8.20. The fourth-order valence-electron chi connectivity index (χ4n) is 2.04. The van der Waals surface area contributed by atoms with Gasteiger partial charge in [0.05, 0.1) is 6.61 Å². The molecule has 3 nitrogen and oxygen atoms in total. The van der Waals surface area contributed by atoms with Crippen molar-refractivity contribution in [3.8, 4) is 10.6 Å². The van der Waals surface area contributed by atoms with E-state index in [9.17, 15) is 4.79 Å². The molecule has 1 aromatic heterocycles. The van der Waals surface area contributed by atoms with Crippen LogP contribution in [-0.2, 0) is 11.2 Å². The summed E-state index contributed by atoms with van der Waals surface area (Å²) in [6.07, 6.45) is 0.845. The van der Waals surface area contributed by atoms with Gasteiger partial charge in [-0.25, -0.2) is 9.78 Å². The van der Waals surface area contributed by atoms with Crippen LogP contribution in [0.5, 0.6) is 0 Å². The van der Waals surface area contributed by atoms with Gasteiger partial charge in [-0.1, -0.05) is 43.7 Å². The van der Waals surface area contributed by atoms with Crippen molar-refractivity contribution in [2.24, 2.45) is 5.92 Å². The Kier molecular flexibility index (Phi) is 5.12. The van der Waals surface area contributed by atoms with E-state index < -0.39 is 0 Å². The zero-order chi connectivity index (χ0) is 15.4. The van der Waals surface area contributed by atoms with Gasteiger partial charge in [0.15, 0.2) is 5.69 Å². The van der Waals surface area contributed by atoms with Gasteiger partial charge in [-0.15, -0.1) is 11.3 Å². The Morgan fingerprint density at radius 1 is 1.29 bits per heavy atom. The number of carbonyl (C=O) groups excluding carboxylic acids is 1. The van der Waals surface area contributed by atoms with E-state index in [4.69, 9.17) is 4.74 Å². The summed E-state index contributed by atoms with van der Waals surface area (Å²) in [6.45, 7) is 8.52. The average molecular weight is 303 g/mol. The van der Waals surface area contributed by atoms with Crippen LogP contribution in [0.1, 0.15) is 41.7 Å². The zero-order valence-electron chi connectivity index (χ0n) is 13.0. The van der Waals surface area contributed by atoms with Gasteiger partial charge >= 0.3 is 5.97 Å². The quantitative estimate of drug-likeness (QED) is 0.764. The van der Waals surface area contributed by atoms with Crippen molar-refractivity contribution in [2.75, 3.05) is 6.61 Å². The maximum Gasteiger partial charge on any atom is 0.358 e. The number of hydrogen-bond acceptors (Lipinski definition) is 4. The summed E-state index contributed by atoms with van der Waals surface area (Å²) in [4.78, 5) is 17.6. The Balaban J connectivity index is 2.39. The number of nitrogens with zero attached hydrogens (tertiary/aromatic N) is 1. The maximum atomic E-state index is 12.1. The van der Waals surface area contributed by atoms with Crippen molar-refractivity contribution >= 4 is 17.3 Å². The van der Waals surface area contributed by atoms with Crippen LogP contribution in [0, 0.1) is 12.8 Å². The number of carbonyl (C=O) groups is 1. The van der Waals surface area contributed by atoms with Crippen molar-refractivity contribution < 1.29 is 9.53 Å². The molecule has 2 aromatic rings. The number of rotatable bonds is 5. The van der Waals surface area contributed by atoms with E-state index in [0.717, 1.165) is 21.9 Å². The number of esters is 1. The number of aryl methyl sites for hydroxylation is 1. The van der Waals surface area contributed by atoms with Crippen molar-refractivity contribution in [2.45, 2.75) is 34.1 Å². The highest BCUT2D eigenvalue weighted by atomic mass is 32.1. The molecule has 4 heteroatoms.